The zero-order valence-corrected chi connectivity index (χ0v) is 18.4. The zero-order chi connectivity index (χ0) is 25.2. The van der Waals surface area contributed by atoms with Gasteiger partial charge in [0.05, 0.1) is 10.6 Å². The van der Waals surface area contributed by atoms with E-state index in [9.17, 15) is 27.2 Å². The van der Waals surface area contributed by atoms with Crippen LogP contribution < -0.4 is 20.7 Å². The molecular formula is C22H16ClF4N5O3. The number of hydrogen-bond donors (Lipinski definition) is 3. The first kappa shape index (κ1) is 24.2. The number of amides is 3. The van der Waals surface area contributed by atoms with Crippen LogP contribution in [-0.4, -0.2) is 21.9 Å². The van der Waals surface area contributed by atoms with E-state index < -0.39 is 28.6 Å². The number of benzene rings is 2. The van der Waals surface area contributed by atoms with Gasteiger partial charge in [-0.05, 0) is 43.2 Å². The average Bonchev–Trinajstić information content (AvgIpc) is 3.62. The maximum absolute atomic E-state index is 14.3. The number of hydrogen-bond acceptors (Lipinski definition) is 5. The number of anilines is 3. The first-order chi connectivity index (χ1) is 16.6. The van der Waals surface area contributed by atoms with Gasteiger partial charge in [-0.2, -0.15) is 13.2 Å². The Balaban J connectivity index is 1.43. The van der Waals surface area contributed by atoms with E-state index >= 15 is 0 Å². The number of aromatic nitrogens is 2. The molecule has 0 radical (unpaired) electrons. The minimum atomic E-state index is -4.70. The van der Waals surface area contributed by atoms with Crippen molar-refractivity contribution < 1.29 is 31.9 Å². The van der Waals surface area contributed by atoms with Crippen molar-refractivity contribution in [3.63, 3.8) is 0 Å². The number of ether oxygens (including phenoxy) is 1. The molecule has 3 amide bonds. The first-order valence-corrected chi connectivity index (χ1v) is 10.5. The van der Waals surface area contributed by atoms with Crippen LogP contribution in [0.4, 0.5) is 39.5 Å². The van der Waals surface area contributed by atoms with Crippen molar-refractivity contribution >= 4 is 40.7 Å². The Bertz CT molecular complexity index is 1280. The molecular weight excluding hydrogens is 494 g/mol. The van der Waals surface area contributed by atoms with Crippen LogP contribution in [0.5, 0.6) is 11.6 Å². The Morgan fingerprint density at radius 2 is 1.66 bits per heavy atom. The summed E-state index contributed by atoms with van der Waals surface area (Å²) in [6.45, 7) is 0. The lowest BCUT2D eigenvalue weighted by molar-refractivity contribution is -0.137. The molecule has 0 aliphatic heterocycles. The molecule has 1 heterocycles. The number of carbonyl (C=O) groups is 2. The molecule has 2 aromatic carbocycles. The molecule has 3 N–H and O–H groups in total. The number of nitrogens with zero attached hydrogens (tertiary/aromatic N) is 2. The lowest BCUT2D eigenvalue weighted by atomic mass is 10.2. The molecule has 1 fully saturated rings. The highest BCUT2D eigenvalue weighted by atomic mass is 35.5. The van der Waals surface area contributed by atoms with Crippen LogP contribution in [0.15, 0.2) is 48.8 Å². The second-order valence-corrected chi connectivity index (χ2v) is 7.93. The largest absolute Gasteiger partial charge is 0.436 e. The Hall–Kier alpha value is -3.93. The van der Waals surface area contributed by atoms with E-state index in [4.69, 9.17) is 16.3 Å². The summed E-state index contributed by atoms with van der Waals surface area (Å²) < 4.78 is 58.7. The lowest BCUT2D eigenvalue weighted by Crippen LogP contribution is -2.20. The van der Waals surface area contributed by atoms with Crippen molar-refractivity contribution in [2.45, 2.75) is 19.0 Å². The minimum Gasteiger partial charge on any atom is -0.436 e. The van der Waals surface area contributed by atoms with Crippen LogP contribution in [0.25, 0.3) is 0 Å². The van der Waals surface area contributed by atoms with Crippen LogP contribution in [0.1, 0.15) is 18.4 Å². The molecule has 1 saturated carbocycles. The van der Waals surface area contributed by atoms with E-state index in [1.165, 1.54) is 18.2 Å². The van der Waals surface area contributed by atoms with Gasteiger partial charge in [0, 0.05) is 29.4 Å². The van der Waals surface area contributed by atoms with Gasteiger partial charge in [0.2, 0.25) is 11.8 Å². The summed E-state index contributed by atoms with van der Waals surface area (Å²) in [6.07, 6.45) is -1.95. The van der Waals surface area contributed by atoms with E-state index in [0.29, 0.717) is 6.07 Å². The van der Waals surface area contributed by atoms with Crippen molar-refractivity contribution in [1.29, 1.82) is 0 Å². The van der Waals surface area contributed by atoms with Gasteiger partial charge in [-0.1, -0.05) is 11.6 Å². The predicted molar refractivity (Wildman–Crippen MR) is 119 cm³/mol. The predicted octanol–water partition coefficient (Wildman–Crippen LogP) is 6.07. The van der Waals surface area contributed by atoms with E-state index in [2.05, 4.69) is 25.9 Å². The van der Waals surface area contributed by atoms with Crippen molar-refractivity contribution in [3.05, 3.63) is 65.2 Å². The molecule has 35 heavy (non-hydrogen) atoms. The number of alkyl halides is 3. The van der Waals surface area contributed by atoms with Crippen LogP contribution in [0.2, 0.25) is 5.02 Å². The number of nitrogens with one attached hydrogen (secondary N) is 3. The number of carbonyl (C=O) groups excluding carboxylic acids is 2. The van der Waals surface area contributed by atoms with Gasteiger partial charge >= 0.3 is 12.2 Å². The van der Waals surface area contributed by atoms with Crippen molar-refractivity contribution in [3.8, 4) is 11.6 Å². The van der Waals surface area contributed by atoms with Gasteiger partial charge < -0.3 is 20.7 Å². The third kappa shape index (κ3) is 6.35. The summed E-state index contributed by atoms with van der Waals surface area (Å²) in [4.78, 5) is 31.9. The highest BCUT2D eigenvalue weighted by molar-refractivity contribution is 6.31. The van der Waals surface area contributed by atoms with Gasteiger partial charge in [0.25, 0.3) is 0 Å². The fourth-order valence-corrected chi connectivity index (χ4v) is 3.15. The van der Waals surface area contributed by atoms with Crippen LogP contribution in [0.3, 0.4) is 0 Å². The summed E-state index contributed by atoms with van der Waals surface area (Å²) in [6, 6.07) is 6.73. The Morgan fingerprint density at radius 3 is 2.34 bits per heavy atom. The van der Waals surface area contributed by atoms with Gasteiger partial charge in [-0.3, -0.25) is 4.79 Å². The molecule has 3 aromatic rings. The normalized spacial score (nSPS) is 13.2. The molecule has 8 nitrogen and oxygen atoms in total. The number of rotatable bonds is 6. The Labute approximate surface area is 200 Å². The van der Waals surface area contributed by atoms with E-state index in [1.54, 1.807) is 0 Å². The molecule has 4 rings (SSSR count). The number of halogens is 5. The average molecular weight is 510 g/mol. The maximum Gasteiger partial charge on any atom is 0.417 e. The highest BCUT2D eigenvalue weighted by Crippen LogP contribution is 2.36. The molecule has 13 heteroatoms. The Kier molecular flexibility index (Phi) is 6.74. The fraction of sp³-hybridized carbons (Fsp3) is 0.182. The number of urea groups is 1. The Morgan fingerprint density at radius 1 is 0.971 bits per heavy atom. The van der Waals surface area contributed by atoms with Crippen LogP contribution >= 0.6 is 11.6 Å². The fourth-order valence-electron chi connectivity index (χ4n) is 2.92. The molecule has 1 aliphatic carbocycles. The highest BCUT2D eigenvalue weighted by Gasteiger charge is 2.33. The maximum atomic E-state index is 14.3. The molecule has 0 unspecified atom stereocenters. The third-order valence-corrected chi connectivity index (χ3v) is 5.10. The lowest BCUT2D eigenvalue weighted by Gasteiger charge is -2.13. The SMILES string of the molecule is O=C(Nc1ccc(F)c(Oc2cc(NC(=O)C3CC3)ncn2)c1)Nc1ccc(Cl)c(C(F)(F)F)c1. The van der Waals surface area contributed by atoms with Gasteiger partial charge in [0.1, 0.15) is 12.1 Å². The second kappa shape index (κ2) is 9.74. The smallest absolute Gasteiger partial charge is 0.417 e. The molecule has 0 atom stereocenters. The van der Waals surface area contributed by atoms with Gasteiger partial charge in [-0.25, -0.2) is 19.2 Å². The van der Waals surface area contributed by atoms with Crippen molar-refractivity contribution in [1.82, 2.24) is 9.97 Å². The van der Waals surface area contributed by atoms with Gasteiger partial charge in [0.15, 0.2) is 11.6 Å². The quantitative estimate of drug-likeness (QED) is 0.350. The first-order valence-electron chi connectivity index (χ1n) is 10.1. The van der Waals surface area contributed by atoms with Crippen LogP contribution in [-0.2, 0) is 11.0 Å². The molecule has 0 saturated heterocycles. The third-order valence-electron chi connectivity index (χ3n) is 4.77. The summed E-state index contributed by atoms with van der Waals surface area (Å²) in [5.74, 6) is -1.18. The monoisotopic (exact) mass is 509 g/mol. The summed E-state index contributed by atoms with van der Waals surface area (Å²) in [7, 11) is 0. The molecule has 1 aliphatic rings. The van der Waals surface area contributed by atoms with Crippen LogP contribution in [0, 0.1) is 11.7 Å². The second-order valence-electron chi connectivity index (χ2n) is 7.52. The summed E-state index contributed by atoms with van der Waals surface area (Å²) in [5, 5.41) is 6.73. The van der Waals surface area contributed by atoms with E-state index in [1.807, 2.05) is 0 Å². The van der Waals surface area contributed by atoms with E-state index in [0.717, 1.165) is 37.4 Å². The van der Waals surface area contributed by atoms with Gasteiger partial charge in [-0.15, -0.1) is 0 Å². The van der Waals surface area contributed by atoms with E-state index in [-0.39, 0.29) is 40.6 Å². The van der Waals surface area contributed by atoms with Crippen molar-refractivity contribution in [2.75, 3.05) is 16.0 Å². The standard InChI is InChI=1S/C22H16ClF4N5O3/c23-15-5-3-12(7-14(15)22(25,26)27)30-21(34)31-13-4-6-16(24)17(8-13)35-19-9-18(28-10-29-19)32-20(33)11-1-2-11/h3-11H,1-2H2,(H2,30,31,34)(H,28,29,32,33). The zero-order valence-electron chi connectivity index (χ0n) is 17.6. The summed E-state index contributed by atoms with van der Waals surface area (Å²) in [5.41, 5.74) is -1.17. The topological polar surface area (TPSA) is 105 Å². The minimum absolute atomic E-state index is 0.0476. The molecule has 1 aromatic heterocycles. The molecule has 0 spiro atoms. The summed E-state index contributed by atoms with van der Waals surface area (Å²) >= 11 is 5.57. The molecule has 182 valence electrons. The van der Waals surface area contributed by atoms with Crippen molar-refractivity contribution in [2.24, 2.45) is 5.92 Å². The molecule has 0 bridgehead atoms.